The van der Waals surface area contributed by atoms with Gasteiger partial charge in [-0.05, 0) is 13.0 Å². The Labute approximate surface area is 115 Å². The summed E-state index contributed by atoms with van der Waals surface area (Å²) in [5.41, 5.74) is 0.487. The summed E-state index contributed by atoms with van der Waals surface area (Å²) in [5.74, 6) is -1.03. The van der Waals surface area contributed by atoms with Gasteiger partial charge < -0.3 is 4.74 Å². The molecule has 0 saturated heterocycles. The number of aldehydes is 1. The largest absolute Gasteiger partial charge is 0.461 e. The number of halogens is 1. The third-order valence-electron chi connectivity index (χ3n) is 2.68. The first-order valence-corrected chi connectivity index (χ1v) is 6.09. The van der Waals surface area contributed by atoms with Crippen molar-refractivity contribution in [2.45, 2.75) is 13.5 Å². The normalized spacial score (nSPS) is 10.3. The number of hydrogen-bond acceptors (Lipinski definition) is 4. The van der Waals surface area contributed by atoms with Gasteiger partial charge in [-0.25, -0.2) is 9.18 Å². The van der Waals surface area contributed by atoms with Crippen molar-refractivity contribution in [3.63, 3.8) is 0 Å². The molecule has 0 saturated carbocycles. The van der Waals surface area contributed by atoms with Crippen LogP contribution >= 0.6 is 0 Å². The fourth-order valence-corrected chi connectivity index (χ4v) is 1.76. The van der Waals surface area contributed by atoms with E-state index in [0.29, 0.717) is 11.8 Å². The van der Waals surface area contributed by atoms with Crippen LogP contribution in [0.5, 0.6) is 0 Å². The minimum atomic E-state index is -0.665. The molecule has 1 aromatic carbocycles. The lowest BCUT2D eigenvalue weighted by Crippen LogP contribution is -2.09. The van der Waals surface area contributed by atoms with E-state index < -0.39 is 5.97 Å². The van der Waals surface area contributed by atoms with Gasteiger partial charge in [-0.3, -0.25) is 9.48 Å². The maximum atomic E-state index is 13.5. The molecule has 0 N–H and O–H groups in total. The predicted molar refractivity (Wildman–Crippen MR) is 69.1 cm³/mol. The summed E-state index contributed by atoms with van der Waals surface area (Å²) in [6, 6.07) is 6.24. The van der Waals surface area contributed by atoms with Gasteiger partial charge in [0.05, 0.1) is 18.7 Å². The Morgan fingerprint density at radius 3 is 2.85 bits per heavy atom. The van der Waals surface area contributed by atoms with E-state index in [9.17, 15) is 14.0 Å². The second kappa shape index (κ2) is 6.10. The zero-order valence-corrected chi connectivity index (χ0v) is 10.9. The van der Waals surface area contributed by atoms with E-state index in [1.165, 1.54) is 16.9 Å². The fourth-order valence-electron chi connectivity index (χ4n) is 1.76. The van der Waals surface area contributed by atoms with E-state index in [1.54, 1.807) is 25.1 Å². The molecule has 0 spiro atoms. The van der Waals surface area contributed by atoms with E-state index in [4.69, 9.17) is 4.74 Å². The lowest BCUT2D eigenvalue weighted by molar-refractivity contribution is 0.0516. The van der Waals surface area contributed by atoms with Crippen molar-refractivity contribution in [2.75, 3.05) is 6.61 Å². The lowest BCUT2D eigenvalue weighted by atomic mass is 10.2. The van der Waals surface area contributed by atoms with Crippen LogP contribution in [0, 0.1) is 5.82 Å². The van der Waals surface area contributed by atoms with Gasteiger partial charge >= 0.3 is 5.97 Å². The average molecular weight is 276 g/mol. The Kier molecular flexibility index (Phi) is 4.24. The summed E-state index contributed by atoms with van der Waals surface area (Å²) in [5, 5.41) is 3.98. The topological polar surface area (TPSA) is 61.2 Å². The first-order valence-electron chi connectivity index (χ1n) is 6.09. The van der Waals surface area contributed by atoms with E-state index in [2.05, 4.69) is 5.10 Å². The highest BCUT2D eigenvalue weighted by molar-refractivity contribution is 5.96. The first-order chi connectivity index (χ1) is 9.65. The molecule has 2 aromatic rings. The molecule has 0 radical (unpaired) electrons. The van der Waals surface area contributed by atoms with Crippen LogP contribution < -0.4 is 0 Å². The van der Waals surface area contributed by atoms with E-state index >= 15 is 0 Å². The third-order valence-corrected chi connectivity index (χ3v) is 2.68. The van der Waals surface area contributed by atoms with Crippen molar-refractivity contribution in [1.29, 1.82) is 0 Å². The van der Waals surface area contributed by atoms with Crippen LogP contribution in [0.1, 0.15) is 33.3 Å². The number of aromatic nitrogens is 2. The SMILES string of the molecule is CCOC(=O)c1nn(Cc2ccccc2F)cc1C=O. The molecule has 0 amide bonds. The molecule has 0 bridgehead atoms. The minimum Gasteiger partial charge on any atom is -0.461 e. The predicted octanol–water partition coefficient (Wildman–Crippen LogP) is 2.06. The zero-order valence-electron chi connectivity index (χ0n) is 10.9. The van der Waals surface area contributed by atoms with Crippen molar-refractivity contribution < 1.29 is 18.7 Å². The fraction of sp³-hybridized carbons (Fsp3) is 0.214. The molecule has 104 valence electrons. The van der Waals surface area contributed by atoms with Crippen LogP contribution in [0.4, 0.5) is 4.39 Å². The molecule has 0 fully saturated rings. The van der Waals surface area contributed by atoms with Crippen LogP contribution in [0.25, 0.3) is 0 Å². The van der Waals surface area contributed by atoms with E-state index in [1.807, 2.05) is 0 Å². The maximum absolute atomic E-state index is 13.5. The van der Waals surface area contributed by atoms with Crippen LogP contribution in [-0.2, 0) is 11.3 Å². The summed E-state index contributed by atoms with van der Waals surface area (Å²) in [7, 11) is 0. The van der Waals surface area contributed by atoms with Gasteiger partial charge in [-0.2, -0.15) is 5.10 Å². The summed E-state index contributed by atoms with van der Waals surface area (Å²) >= 11 is 0. The Balaban J connectivity index is 2.28. The number of nitrogens with zero attached hydrogens (tertiary/aromatic N) is 2. The number of benzene rings is 1. The van der Waals surface area contributed by atoms with Crippen LogP contribution in [-0.4, -0.2) is 28.6 Å². The molecule has 20 heavy (non-hydrogen) atoms. The summed E-state index contributed by atoms with van der Waals surface area (Å²) in [4.78, 5) is 22.6. The maximum Gasteiger partial charge on any atom is 0.359 e. The van der Waals surface area contributed by atoms with E-state index in [0.717, 1.165) is 0 Å². The minimum absolute atomic E-state index is 0.0572. The van der Waals surface area contributed by atoms with Crippen molar-refractivity contribution in [2.24, 2.45) is 0 Å². The Bertz CT molecular complexity index is 637. The van der Waals surface area contributed by atoms with Crippen molar-refractivity contribution in [3.05, 3.63) is 53.1 Å². The Morgan fingerprint density at radius 1 is 1.45 bits per heavy atom. The molecular formula is C14H13FN2O3. The second-order valence-electron chi connectivity index (χ2n) is 4.06. The second-order valence-corrected chi connectivity index (χ2v) is 4.06. The smallest absolute Gasteiger partial charge is 0.359 e. The van der Waals surface area contributed by atoms with Gasteiger partial charge in [0.25, 0.3) is 0 Å². The van der Waals surface area contributed by atoms with Crippen LogP contribution in [0.2, 0.25) is 0 Å². The molecule has 6 heteroatoms. The molecule has 1 heterocycles. The van der Waals surface area contributed by atoms with Crippen LogP contribution in [0.15, 0.2) is 30.5 Å². The molecule has 0 atom stereocenters. The number of ether oxygens (including phenoxy) is 1. The number of carbonyl (C=O) groups excluding carboxylic acids is 2. The van der Waals surface area contributed by atoms with Gasteiger partial charge in [0.15, 0.2) is 12.0 Å². The van der Waals surface area contributed by atoms with Crippen molar-refractivity contribution >= 4 is 12.3 Å². The van der Waals surface area contributed by atoms with Crippen molar-refractivity contribution in [3.8, 4) is 0 Å². The number of rotatable bonds is 5. The first kappa shape index (κ1) is 13.9. The van der Waals surface area contributed by atoms with Gasteiger partial charge in [-0.1, -0.05) is 18.2 Å². The molecule has 0 aliphatic rings. The highest BCUT2D eigenvalue weighted by atomic mass is 19.1. The summed E-state index contributed by atoms with van der Waals surface area (Å²) in [6.45, 7) is 1.99. The number of esters is 1. The van der Waals surface area contributed by atoms with Gasteiger partial charge in [0, 0.05) is 11.8 Å². The molecule has 1 aromatic heterocycles. The van der Waals surface area contributed by atoms with Crippen LogP contribution in [0.3, 0.4) is 0 Å². The molecule has 0 unspecified atom stereocenters. The quantitative estimate of drug-likeness (QED) is 0.619. The molecule has 5 nitrogen and oxygen atoms in total. The summed E-state index contributed by atoms with van der Waals surface area (Å²) in [6.07, 6.45) is 1.92. The van der Waals surface area contributed by atoms with Gasteiger partial charge in [-0.15, -0.1) is 0 Å². The zero-order chi connectivity index (χ0) is 14.5. The molecule has 0 aliphatic heterocycles. The van der Waals surface area contributed by atoms with Gasteiger partial charge in [0.2, 0.25) is 0 Å². The highest BCUT2D eigenvalue weighted by Crippen LogP contribution is 2.11. The molecule has 0 aliphatic carbocycles. The average Bonchev–Trinajstić information content (AvgIpc) is 2.85. The van der Waals surface area contributed by atoms with Crippen molar-refractivity contribution in [1.82, 2.24) is 9.78 Å². The Hall–Kier alpha value is -2.50. The standard InChI is InChI=1S/C14H13FN2O3/c1-2-20-14(19)13-11(9-18)8-17(16-13)7-10-5-3-4-6-12(10)15/h3-6,8-9H,2,7H2,1H3. The lowest BCUT2D eigenvalue weighted by Gasteiger charge is -2.03. The Morgan fingerprint density at radius 2 is 2.20 bits per heavy atom. The third kappa shape index (κ3) is 2.90. The number of hydrogen-bond donors (Lipinski definition) is 0. The highest BCUT2D eigenvalue weighted by Gasteiger charge is 2.18. The van der Waals surface area contributed by atoms with Gasteiger partial charge in [0.1, 0.15) is 5.82 Å². The number of carbonyl (C=O) groups is 2. The molecule has 2 rings (SSSR count). The monoisotopic (exact) mass is 276 g/mol. The summed E-state index contributed by atoms with van der Waals surface area (Å²) < 4.78 is 19.7. The molecular weight excluding hydrogens is 263 g/mol. The van der Waals surface area contributed by atoms with E-state index in [-0.39, 0.29) is 30.2 Å².